The van der Waals surface area contributed by atoms with E-state index in [4.69, 9.17) is 28.9 Å². The summed E-state index contributed by atoms with van der Waals surface area (Å²) >= 11 is 11.9. The van der Waals surface area contributed by atoms with E-state index in [-0.39, 0.29) is 27.5 Å². The molecule has 21 heavy (non-hydrogen) atoms. The Bertz CT molecular complexity index is 674. The van der Waals surface area contributed by atoms with E-state index >= 15 is 0 Å². The molecule has 0 radical (unpaired) electrons. The third-order valence-electron chi connectivity index (χ3n) is 3.01. The number of rotatable bonds is 3. The molecule has 0 aliphatic heterocycles. The molecule has 2 rings (SSSR count). The second-order valence-electron chi connectivity index (χ2n) is 4.61. The molecule has 1 unspecified atom stereocenters. The molecule has 0 heterocycles. The molecular formula is C15H13Cl2FN2O. The molecule has 2 aromatic carbocycles. The van der Waals surface area contributed by atoms with Crippen LogP contribution in [0.15, 0.2) is 36.4 Å². The van der Waals surface area contributed by atoms with E-state index in [2.05, 4.69) is 5.32 Å². The Morgan fingerprint density at radius 2 is 1.86 bits per heavy atom. The molecule has 0 spiro atoms. The zero-order chi connectivity index (χ0) is 15.6. The van der Waals surface area contributed by atoms with Crippen molar-refractivity contribution < 1.29 is 9.18 Å². The quantitative estimate of drug-likeness (QED) is 0.830. The summed E-state index contributed by atoms with van der Waals surface area (Å²) in [6.07, 6.45) is 0. The Labute approximate surface area is 131 Å². The highest BCUT2D eigenvalue weighted by Gasteiger charge is 2.17. The molecule has 0 bridgehead atoms. The maximum atomic E-state index is 12.9. The molecule has 1 atom stereocenters. The summed E-state index contributed by atoms with van der Waals surface area (Å²) in [4.78, 5) is 12.2. The summed E-state index contributed by atoms with van der Waals surface area (Å²) in [6, 6.07) is 8.51. The van der Waals surface area contributed by atoms with Gasteiger partial charge in [0.25, 0.3) is 5.91 Å². The molecule has 110 valence electrons. The van der Waals surface area contributed by atoms with E-state index in [0.29, 0.717) is 5.69 Å². The van der Waals surface area contributed by atoms with Gasteiger partial charge in [0.15, 0.2) is 0 Å². The predicted molar refractivity (Wildman–Crippen MR) is 83.2 cm³/mol. The van der Waals surface area contributed by atoms with Gasteiger partial charge in [0, 0.05) is 5.69 Å². The van der Waals surface area contributed by atoms with Crippen LogP contribution in [0.4, 0.5) is 10.1 Å². The Morgan fingerprint density at radius 3 is 2.48 bits per heavy atom. The third-order valence-corrected chi connectivity index (χ3v) is 3.81. The second kappa shape index (κ2) is 6.33. The number of halogens is 3. The van der Waals surface area contributed by atoms with Gasteiger partial charge in [-0.05, 0) is 36.8 Å². The van der Waals surface area contributed by atoms with Gasteiger partial charge in [0.05, 0.1) is 21.7 Å². The van der Waals surface area contributed by atoms with Crippen LogP contribution in [0.5, 0.6) is 0 Å². The highest BCUT2D eigenvalue weighted by atomic mass is 35.5. The third kappa shape index (κ3) is 3.65. The number of amides is 1. The first kappa shape index (κ1) is 15.6. The molecule has 0 aliphatic rings. The fraction of sp³-hybridized carbons (Fsp3) is 0.133. The van der Waals surface area contributed by atoms with E-state index in [1.807, 2.05) is 0 Å². The van der Waals surface area contributed by atoms with Gasteiger partial charge in [-0.1, -0.05) is 35.3 Å². The molecule has 6 heteroatoms. The predicted octanol–water partition coefficient (Wildman–Crippen LogP) is 4.21. The first-order chi connectivity index (χ1) is 9.88. The van der Waals surface area contributed by atoms with Crippen molar-refractivity contribution in [1.82, 2.24) is 5.32 Å². The number of anilines is 1. The summed E-state index contributed by atoms with van der Waals surface area (Å²) in [5.41, 5.74) is 6.99. The van der Waals surface area contributed by atoms with E-state index < -0.39 is 5.91 Å². The number of hydrogen-bond acceptors (Lipinski definition) is 2. The van der Waals surface area contributed by atoms with Gasteiger partial charge in [-0.2, -0.15) is 0 Å². The van der Waals surface area contributed by atoms with Crippen LogP contribution >= 0.6 is 23.2 Å². The summed E-state index contributed by atoms with van der Waals surface area (Å²) in [7, 11) is 0. The van der Waals surface area contributed by atoms with Crippen molar-refractivity contribution >= 4 is 34.8 Å². The van der Waals surface area contributed by atoms with Crippen molar-refractivity contribution in [2.24, 2.45) is 0 Å². The SMILES string of the molecule is CC(NC(=O)c1cc(N)cc(Cl)c1Cl)c1ccc(F)cc1. The zero-order valence-electron chi connectivity index (χ0n) is 11.2. The summed E-state index contributed by atoms with van der Waals surface area (Å²) in [5, 5.41) is 3.13. The molecule has 1 amide bonds. The normalized spacial score (nSPS) is 12.0. The van der Waals surface area contributed by atoms with Crippen LogP contribution in [-0.2, 0) is 0 Å². The second-order valence-corrected chi connectivity index (χ2v) is 5.40. The van der Waals surface area contributed by atoms with Crippen molar-refractivity contribution in [3.05, 3.63) is 63.4 Å². The largest absolute Gasteiger partial charge is 0.399 e. The van der Waals surface area contributed by atoms with Crippen LogP contribution in [0.3, 0.4) is 0 Å². The number of benzene rings is 2. The zero-order valence-corrected chi connectivity index (χ0v) is 12.7. The first-order valence-corrected chi connectivity index (χ1v) is 6.95. The van der Waals surface area contributed by atoms with Gasteiger partial charge in [0.2, 0.25) is 0 Å². The molecule has 0 aliphatic carbocycles. The van der Waals surface area contributed by atoms with Crippen LogP contribution < -0.4 is 11.1 Å². The van der Waals surface area contributed by atoms with Crippen LogP contribution in [0.1, 0.15) is 28.9 Å². The minimum absolute atomic E-state index is 0.148. The standard InChI is InChI=1S/C15H13Cl2FN2O/c1-8(9-2-4-10(18)5-3-9)20-15(21)12-6-11(19)7-13(16)14(12)17/h2-8H,19H2,1H3,(H,20,21). The van der Waals surface area contributed by atoms with E-state index in [1.54, 1.807) is 19.1 Å². The van der Waals surface area contributed by atoms with Gasteiger partial charge < -0.3 is 11.1 Å². The van der Waals surface area contributed by atoms with Crippen molar-refractivity contribution in [1.29, 1.82) is 0 Å². The van der Waals surface area contributed by atoms with E-state index in [0.717, 1.165) is 5.56 Å². The Hall–Kier alpha value is -1.78. The number of nitrogens with one attached hydrogen (secondary N) is 1. The van der Waals surface area contributed by atoms with Gasteiger partial charge >= 0.3 is 0 Å². The van der Waals surface area contributed by atoms with Crippen molar-refractivity contribution in [3.8, 4) is 0 Å². The number of nitrogen functional groups attached to an aromatic ring is 1. The Kier molecular flexibility index (Phi) is 4.70. The van der Waals surface area contributed by atoms with Gasteiger partial charge in [0.1, 0.15) is 5.82 Å². The average molecular weight is 327 g/mol. The van der Waals surface area contributed by atoms with E-state index in [1.165, 1.54) is 24.3 Å². The summed E-state index contributed by atoms with van der Waals surface area (Å²) in [6.45, 7) is 1.78. The molecule has 0 saturated carbocycles. The fourth-order valence-corrected chi connectivity index (χ4v) is 2.31. The lowest BCUT2D eigenvalue weighted by Gasteiger charge is -2.15. The molecule has 3 nitrogen and oxygen atoms in total. The lowest BCUT2D eigenvalue weighted by molar-refractivity contribution is 0.0940. The van der Waals surface area contributed by atoms with E-state index in [9.17, 15) is 9.18 Å². The van der Waals surface area contributed by atoms with Gasteiger partial charge in [-0.15, -0.1) is 0 Å². The van der Waals surface area contributed by atoms with Crippen molar-refractivity contribution in [2.45, 2.75) is 13.0 Å². The molecular weight excluding hydrogens is 314 g/mol. The monoisotopic (exact) mass is 326 g/mol. The highest BCUT2D eigenvalue weighted by Crippen LogP contribution is 2.29. The maximum absolute atomic E-state index is 12.9. The first-order valence-electron chi connectivity index (χ1n) is 6.19. The lowest BCUT2D eigenvalue weighted by atomic mass is 10.1. The van der Waals surface area contributed by atoms with Crippen molar-refractivity contribution in [2.75, 3.05) is 5.73 Å². The smallest absolute Gasteiger partial charge is 0.253 e. The Balaban J connectivity index is 2.20. The average Bonchev–Trinajstić information content (AvgIpc) is 2.43. The van der Waals surface area contributed by atoms with Crippen LogP contribution in [0, 0.1) is 5.82 Å². The molecule has 3 N–H and O–H groups in total. The fourth-order valence-electron chi connectivity index (χ4n) is 1.88. The minimum atomic E-state index is -0.397. The highest BCUT2D eigenvalue weighted by molar-refractivity contribution is 6.44. The number of nitrogens with two attached hydrogens (primary N) is 1. The molecule has 0 fully saturated rings. The summed E-state index contributed by atoms with van der Waals surface area (Å²) < 4.78 is 12.9. The Morgan fingerprint density at radius 1 is 1.24 bits per heavy atom. The molecule has 0 saturated heterocycles. The van der Waals surface area contributed by atoms with Crippen molar-refractivity contribution in [3.63, 3.8) is 0 Å². The topological polar surface area (TPSA) is 55.1 Å². The van der Waals surface area contributed by atoms with Crippen LogP contribution in [-0.4, -0.2) is 5.91 Å². The molecule has 2 aromatic rings. The minimum Gasteiger partial charge on any atom is -0.399 e. The summed E-state index contributed by atoms with van der Waals surface area (Å²) in [5.74, 6) is -0.728. The van der Waals surface area contributed by atoms with Crippen LogP contribution in [0.2, 0.25) is 10.0 Å². The number of carbonyl (C=O) groups excluding carboxylic acids is 1. The van der Waals surface area contributed by atoms with Gasteiger partial charge in [-0.25, -0.2) is 4.39 Å². The van der Waals surface area contributed by atoms with Gasteiger partial charge in [-0.3, -0.25) is 4.79 Å². The van der Waals surface area contributed by atoms with Crippen LogP contribution in [0.25, 0.3) is 0 Å². The lowest BCUT2D eigenvalue weighted by Crippen LogP contribution is -2.27. The number of carbonyl (C=O) groups is 1. The maximum Gasteiger partial charge on any atom is 0.253 e. The molecule has 0 aromatic heterocycles. The number of hydrogen-bond donors (Lipinski definition) is 2.